The number of amides is 1. The van der Waals surface area contributed by atoms with E-state index in [1.54, 1.807) is 31.2 Å². The summed E-state index contributed by atoms with van der Waals surface area (Å²) < 4.78 is 33.4. The molecule has 3 rings (SSSR count). The Morgan fingerprint density at radius 3 is 2.42 bits per heavy atom. The summed E-state index contributed by atoms with van der Waals surface area (Å²) >= 11 is 12.1. The topological polar surface area (TPSA) is 84.5 Å². The van der Waals surface area contributed by atoms with Gasteiger partial charge in [0.05, 0.1) is 9.92 Å². The zero-order valence-corrected chi connectivity index (χ0v) is 18.8. The number of hydrogen-bond acceptors (Lipinski definition) is 4. The van der Waals surface area contributed by atoms with Crippen LogP contribution in [-0.4, -0.2) is 20.9 Å². The van der Waals surface area contributed by atoms with Crippen LogP contribution in [0.25, 0.3) is 0 Å². The van der Waals surface area contributed by atoms with Crippen LogP contribution in [0, 0.1) is 0 Å². The number of sulfonamides is 1. The predicted octanol–water partition coefficient (Wildman–Crippen LogP) is 5.05. The van der Waals surface area contributed by atoms with Crippen molar-refractivity contribution in [3.63, 3.8) is 0 Å². The highest BCUT2D eigenvalue weighted by Crippen LogP contribution is 2.28. The number of nitrogens with one attached hydrogen (secondary N) is 2. The minimum Gasteiger partial charge on any atom is -0.482 e. The molecule has 0 bridgehead atoms. The first-order valence-electron chi connectivity index (χ1n) is 9.29. The van der Waals surface area contributed by atoms with Gasteiger partial charge in [-0.2, -0.15) is 0 Å². The van der Waals surface area contributed by atoms with Gasteiger partial charge >= 0.3 is 0 Å². The van der Waals surface area contributed by atoms with Gasteiger partial charge in [0.1, 0.15) is 5.75 Å². The first kappa shape index (κ1) is 23.1. The van der Waals surface area contributed by atoms with Crippen LogP contribution in [0.15, 0.2) is 77.7 Å². The van der Waals surface area contributed by atoms with Crippen LogP contribution >= 0.6 is 23.2 Å². The van der Waals surface area contributed by atoms with Gasteiger partial charge in [-0.05, 0) is 48.9 Å². The van der Waals surface area contributed by atoms with Crippen LogP contribution in [0.2, 0.25) is 10.0 Å². The first-order valence-corrected chi connectivity index (χ1v) is 11.5. The van der Waals surface area contributed by atoms with Crippen LogP contribution in [0.4, 0.5) is 5.69 Å². The second kappa shape index (κ2) is 10.2. The molecule has 0 aliphatic carbocycles. The van der Waals surface area contributed by atoms with Crippen molar-refractivity contribution in [3.8, 4) is 5.75 Å². The van der Waals surface area contributed by atoms with E-state index < -0.39 is 22.0 Å². The number of carbonyl (C=O) groups excluding carboxylic acids is 1. The zero-order valence-electron chi connectivity index (χ0n) is 16.5. The SMILES string of the molecule is C[C@@H](NS(=O)(=O)c1ccc(OCC(=O)Nc2cccc(Cl)c2)c(Cl)c1)c1ccccc1. The maximum atomic E-state index is 12.7. The summed E-state index contributed by atoms with van der Waals surface area (Å²) in [7, 11) is -3.80. The van der Waals surface area contributed by atoms with Gasteiger partial charge in [0.2, 0.25) is 10.0 Å². The summed E-state index contributed by atoms with van der Waals surface area (Å²) in [4.78, 5) is 12.1. The van der Waals surface area contributed by atoms with Crippen molar-refractivity contribution in [3.05, 3.63) is 88.4 Å². The number of halogens is 2. The summed E-state index contributed by atoms with van der Waals surface area (Å²) in [5.41, 5.74) is 1.37. The van der Waals surface area contributed by atoms with Gasteiger partial charge in [-0.1, -0.05) is 59.6 Å². The van der Waals surface area contributed by atoms with Crippen molar-refractivity contribution >= 4 is 44.8 Å². The van der Waals surface area contributed by atoms with E-state index in [-0.39, 0.29) is 22.3 Å². The molecule has 0 fully saturated rings. The number of rotatable bonds is 8. The third-order valence-electron chi connectivity index (χ3n) is 4.31. The Hall–Kier alpha value is -2.58. The molecule has 1 amide bonds. The molecule has 0 radical (unpaired) electrons. The molecule has 2 N–H and O–H groups in total. The lowest BCUT2D eigenvalue weighted by Gasteiger charge is -2.15. The number of carbonyl (C=O) groups is 1. The van der Waals surface area contributed by atoms with Crippen molar-refractivity contribution in [1.29, 1.82) is 0 Å². The summed E-state index contributed by atoms with van der Waals surface area (Å²) in [6.45, 7) is 1.45. The Kier molecular flexibility index (Phi) is 7.56. The summed E-state index contributed by atoms with van der Waals surface area (Å²) in [6.07, 6.45) is 0. The Labute approximate surface area is 191 Å². The van der Waals surface area contributed by atoms with Gasteiger partial charge in [0, 0.05) is 16.8 Å². The first-order chi connectivity index (χ1) is 14.7. The van der Waals surface area contributed by atoms with Gasteiger partial charge < -0.3 is 10.1 Å². The molecule has 3 aromatic rings. The Morgan fingerprint density at radius 1 is 1.00 bits per heavy atom. The van der Waals surface area contributed by atoms with E-state index in [0.29, 0.717) is 10.7 Å². The minimum atomic E-state index is -3.80. The fourth-order valence-electron chi connectivity index (χ4n) is 2.78. The van der Waals surface area contributed by atoms with Crippen LogP contribution in [-0.2, 0) is 14.8 Å². The molecule has 1 atom stereocenters. The molecule has 31 heavy (non-hydrogen) atoms. The Bertz CT molecular complexity index is 1170. The fourth-order valence-corrected chi connectivity index (χ4v) is 4.53. The molecule has 9 heteroatoms. The van der Waals surface area contributed by atoms with Crippen LogP contribution in [0.3, 0.4) is 0 Å². The van der Waals surface area contributed by atoms with Crippen LogP contribution in [0.5, 0.6) is 5.75 Å². The lowest BCUT2D eigenvalue weighted by molar-refractivity contribution is -0.118. The zero-order chi connectivity index (χ0) is 22.4. The monoisotopic (exact) mass is 478 g/mol. The average molecular weight is 479 g/mol. The van der Waals surface area contributed by atoms with Crippen molar-refractivity contribution in [2.45, 2.75) is 17.9 Å². The van der Waals surface area contributed by atoms with Crippen molar-refractivity contribution in [2.75, 3.05) is 11.9 Å². The lowest BCUT2D eigenvalue weighted by atomic mass is 10.1. The van der Waals surface area contributed by atoms with E-state index in [1.807, 2.05) is 30.3 Å². The summed E-state index contributed by atoms with van der Waals surface area (Å²) in [6, 6.07) is 19.6. The predicted molar refractivity (Wildman–Crippen MR) is 122 cm³/mol. The van der Waals surface area contributed by atoms with E-state index in [2.05, 4.69) is 10.0 Å². The quantitative estimate of drug-likeness (QED) is 0.474. The Balaban J connectivity index is 1.63. The largest absolute Gasteiger partial charge is 0.482 e. The van der Waals surface area contributed by atoms with Gasteiger partial charge in [0.25, 0.3) is 5.91 Å². The van der Waals surface area contributed by atoms with E-state index in [0.717, 1.165) is 5.56 Å². The van der Waals surface area contributed by atoms with Gasteiger partial charge in [-0.15, -0.1) is 0 Å². The molecule has 0 unspecified atom stereocenters. The highest BCUT2D eigenvalue weighted by atomic mass is 35.5. The number of benzene rings is 3. The molecule has 0 saturated heterocycles. The molecule has 0 aliphatic heterocycles. The van der Waals surface area contributed by atoms with E-state index in [1.165, 1.54) is 18.2 Å². The molecule has 0 aromatic heterocycles. The maximum Gasteiger partial charge on any atom is 0.262 e. The van der Waals surface area contributed by atoms with Crippen LogP contribution < -0.4 is 14.8 Å². The third-order valence-corrected chi connectivity index (χ3v) is 6.38. The highest BCUT2D eigenvalue weighted by molar-refractivity contribution is 7.89. The molecule has 0 aliphatic rings. The van der Waals surface area contributed by atoms with Gasteiger partial charge in [-0.25, -0.2) is 13.1 Å². The van der Waals surface area contributed by atoms with Crippen molar-refractivity contribution < 1.29 is 17.9 Å². The van der Waals surface area contributed by atoms with Gasteiger partial charge in [0.15, 0.2) is 6.61 Å². The standard InChI is InChI=1S/C22H20Cl2N2O4S/c1-15(16-6-3-2-4-7-16)26-31(28,29)19-10-11-21(20(24)13-19)30-14-22(27)25-18-9-5-8-17(23)12-18/h2-13,15,26H,14H2,1H3,(H,25,27)/t15-/m1/s1. The minimum absolute atomic E-state index is 0.00369. The molecule has 0 heterocycles. The molecule has 0 spiro atoms. The number of anilines is 1. The molecular formula is C22H20Cl2N2O4S. The number of ether oxygens (including phenoxy) is 1. The maximum absolute atomic E-state index is 12.7. The molecule has 3 aromatic carbocycles. The van der Waals surface area contributed by atoms with E-state index in [4.69, 9.17) is 27.9 Å². The molecular weight excluding hydrogens is 459 g/mol. The van der Waals surface area contributed by atoms with Crippen molar-refractivity contribution in [2.24, 2.45) is 0 Å². The second-order valence-electron chi connectivity index (χ2n) is 6.69. The smallest absolute Gasteiger partial charge is 0.262 e. The molecule has 6 nitrogen and oxygen atoms in total. The third kappa shape index (κ3) is 6.45. The van der Waals surface area contributed by atoms with Crippen LogP contribution in [0.1, 0.15) is 18.5 Å². The summed E-state index contributed by atoms with van der Waals surface area (Å²) in [5, 5.41) is 3.22. The normalized spacial score (nSPS) is 12.2. The van der Waals surface area contributed by atoms with Crippen molar-refractivity contribution in [1.82, 2.24) is 4.72 Å². The fraction of sp³-hybridized carbons (Fsp3) is 0.136. The average Bonchev–Trinajstić information content (AvgIpc) is 2.73. The van der Waals surface area contributed by atoms with Gasteiger partial charge in [-0.3, -0.25) is 4.79 Å². The number of hydrogen-bond donors (Lipinski definition) is 2. The lowest BCUT2D eigenvalue weighted by Crippen LogP contribution is -2.27. The Morgan fingerprint density at radius 2 is 1.74 bits per heavy atom. The molecule has 0 saturated carbocycles. The summed E-state index contributed by atoms with van der Waals surface area (Å²) in [5.74, 6) is -0.216. The van der Waals surface area contributed by atoms with E-state index >= 15 is 0 Å². The second-order valence-corrected chi connectivity index (χ2v) is 9.25. The van der Waals surface area contributed by atoms with E-state index in [9.17, 15) is 13.2 Å². The highest BCUT2D eigenvalue weighted by Gasteiger charge is 2.20. The molecule has 162 valence electrons.